The Hall–Kier alpha value is -0.960. The molecule has 1 aromatic carbocycles. The van der Waals surface area contributed by atoms with Gasteiger partial charge in [-0.2, -0.15) is 11.8 Å². The van der Waals surface area contributed by atoms with Gasteiger partial charge >= 0.3 is 0 Å². The maximum atomic E-state index is 11.8. The fourth-order valence-corrected chi connectivity index (χ4v) is 2.27. The summed E-state index contributed by atoms with van der Waals surface area (Å²) in [6.45, 7) is 4.30. The molecule has 2 nitrogen and oxygen atoms in total. The van der Waals surface area contributed by atoms with E-state index in [-0.39, 0.29) is 5.78 Å². The van der Waals surface area contributed by atoms with E-state index in [1.165, 1.54) is 0 Å². The van der Waals surface area contributed by atoms with Crippen LogP contribution in [0.5, 0.6) is 5.75 Å². The second kappa shape index (κ2) is 7.38. The van der Waals surface area contributed by atoms with Crippen LogP contribution in [-0.2, 0) is 11.2 Å². The van der Waals surface area contributed by atoms with E-state index in [9.17, 15) is 4.79 Å². The summed E-state index contributed by atoms with van der Waals surface area (Å²) >= 11 is 1.73. The Balaban J connectivity index is 2.50. The first-order valence-electron chi connectivity index (χ1n) is 5.92. The first-order valence-corrected chi connectivity index (χ1v) is 6.97. The molecule has 0 fully saturated rings. The molecule has 0 N–H and O–H groups in total. The van der Waals surface area contributed by atoms with Gasteiger partial charge in [-0.05, 0) is 12.5 Å². The molecule has 0 aromatic heterocycles. The van der Waals surface area contributed by atoms with Crippen LogP contribution in [0.1, 0.15) is 25.8 Å². The maximum absolute atomic E-state index is 11.8. The minimum Gasteiger partial charge on any atom is -0.496 e. The summed E-state index contributed by atoms with van der Waals surface area (Å²) in [7, 11) is 1.64. The van der Waals surface area contributed by atoms with Gasteiger partial charge in [0.25, 0.3) is 0 Å². The number of benzene rings is 1. The molecule has 0 saturated heterocycles. The minimum absolute atomic E-state index is 0.264. The molecule has 0 aliphatic heterocycles. The van der Waals surface area contributed by atoms with Gasteiger partial charge in [-0.15, -0.1) is 0 Å². The predicted molar refractivity (Wildman–Crippen MR) is 73.9 cm³/mol. The predicted octanol–water partition coefficient (Wildman–Crippen LogP) is 3.34. The lowest BCUT2D eigenvalue weighted by molar-refractivity contribution is -0.116. The molecule has 1 unspecified atom stereocenters. The van der Waals surface area contributed by atoms with Gasteiger partial charge in [-0.25, -0.2) is 0 Å². The van der Waals surface area contributed by atoms with E-state index in [4.69, 9.17) is 4.74 Å². The van der Waals surface area contributed by atoms with Crippen molar-refractivity contribution in [2.24, 2.45) is 0 Å². The van der Waals surface area contributed by atoms with Gasteiger partial charge in [0, 0.05) is 17.2 Å². The molecule has 0 aliphatic carbocycles. The van der Waals surface area contributed by atoms with Crippen molar-refractivity contribution in [1.82, 2.24) is 0 Å². The van der Waals surface area contributed by atoms with Crippen LogP contribution in [0.3, 0.4) is 0 Å². The van der Waals surface area contributed by atoms with E-state index >= 15 is 0 Å². The largest absolute Gasteiger partial charge is 0.496 e. The van der Waals surface area contributed by atoms with Gasteiger partial charge in [-0.1, -0.05) is 32.0 Å². The zero-order valence-electron chi connectivity index (χ0n) is 10.7. The summed E-state index contributed by atoms with van der Waals surface area (Å²) in [5.74, 6) is 1.65. The molecule has 0 aliphatic rings. The highest BCUT2D eigenvalue weighted by Crippen LogP contribution is 2.20. The zero-order chi connectivity index (χ0) is 12.7. The number of para-hydroxylation sites is 1. The number of Topliss-reactive ketones (excluding diaryl/α,β-unsaturated/α-hetero) is 1. The fourth-order valence-electron chi connectivity index (χ4n) is 1.47. The number of hydrogen-bond acceptors (Lipinski definition) is 3. The molecule has 1 aromatic rings. The van der Waals surface area contributed by atoms with Crippen molar-refractivity contribution in [3.63, 3.8) is 0 Å². The van der Waals surface area contributed by atoms with Gasteiger partial charge in [0.1, 0.15) is 11.5 Å². The van der Waals surface area contributed by atoms with Crippen LogP contribution in [0, 0.1) is 0 Å². The Morgan fingerprint density at radius 2 is 2.12 bits per heavy atom. The van der Waals surface area contributed by atoms with Gasteiger partial charge in [0.15, 0.2) is 0 Å². The van der Waals surface area contributed by atoms with Crippen LogP contribution in [0.25, 0.3) is 0 Å². The molecular formula is C14H20O2S. The third-order valence-corrected chi connectivity index (χ3v) is 4.07. The van der Waals surface area contributed by atoms with Crippen molar-refractivity contribution in [3.8, 4) is 5.75 Å². The summed E-state index contributed by atoms with van der Waals surface area (Å²) in [6.07, 6.45) is 1.57. The van der Waals surface area contributed by atoms with Gasteiger partial charge in [-0.3, -0.25) is 4.79 Å². The summed E-state index contributed by atoms with van der Waals surface area (Å²) in [6, 6.07) is 7.70. The van der Waals surface area contributed by atoms with Crippen molar-refractivity contribution in [2.75, 3.05) is 12.9 Å². The Kier molecular flexibility index (Phi) is 6.12. The summed E-state index contributed by atoms with van der Waals surface area (Å²) in [5, 5.41) is 0.552. The van der Waals surface area contributed by atoms with E-state index in [1.807, 2.05) is 24.3 Å². The number of ether oxygens (including phenoxy) is 1. The van der Waals surface area contributed by atoms with Gasteiger partial charge < -0.3 is 4.74 Å². The number of ketones is 1. The Bertz CT molecular complexity index is 363. The third-order valence-electron chi connectivity index (χ3n) is 2.68. The lowest BCUT2D eigenvalue weighted by Crippen LogP contribution is -2.09. The van der Waals surface area contributed by atoms with Crippen molar-refractivity contribution >= 4 is 17.5 Å². The number of hydrogen-bond donors (Lipinski definition) is 0. The quantitative estimate of drug-likeness (QED) is 0.744. The molecule has 0 saturated carbocycles. The molecule has 3 heteroatoms. The fraction of sp³-hybridized carbons (Fsp3) is 0.500. The van der Waals surface area contributed by atoms with Crippen molar-refractivity contribution in [2.45, 2.75) is 31.9 Å². The van der Waals surface area contributed by atoms with Crippen LogP contribution in [-0.4, -0.2) is 23.9 Å². The van der Waals surface area contributed by atoms with Crippen LogP contribution in [0.15, 0.2) is 24.3 Å². The van der Waals surface area contributed by atoms with E-state index in [2.05, 4.69) is 13.8 Å². The molecule has 0 amide bonds. The first kappa shape index (κ1) is 14.1. The molecule has 94 valence electrons. The minimum atomic E-state index is 0.264. The number of carbonyl (C=O) groups is 1. The standard InChI is InChI=1S/C14H20O2S/c1-4-11(2)17-10-13(15)9-12-7-5-6-8-14(12)16-3/h5-8,11H,4,9-10H2,1-3H3. The Morgan fingerprint density at radius 3 is 2.76 bits per heavy atom. The van der Waals surface area contributed by atoms with E-state index < -0.39 is 0 Å². The molecule has 0 spiro atoms. The molecule has 17 heavy (non-hydrogen) atoms. The van der Waals surface area contributed by atoms with Crippen LogP contribution < -0.4 is 4.74 Å². The van der Waals surface area contributed by atoms with E-state index in [0.29, 0.717) is 17.4 Å². The Labute approximate surface area is 108 Å². The monoisotopic (exact) mass is 252 g/mol. The topological polar surface area (TPSA) is 26.3 Å². The average molecular weight is 252 g/mol. The van der Waals surface area contributed by atoms with Gasteiger partial charge in [0.05, 0.1) is 12.9 Å². The maximum Gasteiger partial charge on any atom is 0.147 e. The van der Waals surface area contributed by atoms with Crippen molar-refractivity contribution < 1.29 is 9.53 Å². The number of thioether (sulfide) groups is 1. The Morgan fingerprint density at radius 1 is 1.41 bits per heavy atom. The molecule has 0 radical (unpaired) electrons. The highest BCUT2D eigenvalue weighted by molar-refractivity contribution is 8.00. The van der Waals surface area contributed by atoms with Crippen LogP contribution in [0.2, 0.25) is 0 Å². The summed E-state index contributed by atoms with van der Waals surface area (Å²) in [4.78, 5) is 11.8. The second-order valence-corrected chi connectivity index (χ2v) is 5.48. The molecule has 0 bridgehead atoms. The summed E-state index contributed by atoms with van der Waals surface area (Å²) in [5.41, 5.74) is 0.977. The van der Waals surface area contributed by atoms with Crippen molar-refractivity contribution in [1.29, 1.82) is 0 Å². The second-order valence-electron chi connectivity index (χ2n) is 4.06. The summed E-state index contributed by atoms with van der Waals surface area (Å²) < 4.78 is 5.23. The molecular weight excluding hydrogens is 232 g/mol. The third kappa shape index (κ3) is 4.82. The van der Waals surface area contributed by atoms with Crippen LogP contribution in [0.4, 0.5) is 0 Å². The number of rotatable bonds is 7. The zero-order valence-corrected chi connectivity index (χ0v) is 11.5. The SMILES string of the molecule is CCC(C)SCC(=O)Cc1ccccc1OC. The lowest BCUT2D eigenvalue weighted by Gasteiger charge is -2.09. The van der Waals surface area contributed by atoms with Gasteiger partial charge in [0.2, 0.25) is 0 Å². The molecule has 1 rings (SSSR count). The number of methoxy groups -OCH3 is 1. The molecule has 1 atom stereocenters. The first-order chi connectivity index (χ1) is 8.17. The van der Waals surface area contributed by atoms with E-state index in [1.54, 1.807) is 18.9 Å². The van der Waals surface area contributed by atoms with E-state index in [0.717, 1.165) is 17.7 Å². The normalized spacial score (nSPS) is 12.2. The lowest BCUT2D eigenvalue weighted by atomic mass is 10.1. The highest BCUT2D eigenvalue weighted by Gasteiger charge is 2.09. The van der Waals surface area contributed by atoms with Crippen LogP contribution >= 0.6 is 11.8 Å². The smallest absolute Gasteiger partial charge is 0.147 e. The van der Waals surface area contributed by atoms with Crippen molar-refractivity contribution in [3.05, 3.63) is 29.8 Å². The highest BCUT2D eigenvalue weighted by atomic mass is 32.2. The average Bonchev–Trinajstić information content (AvgIpc) is 2.36. The molecule has 0 heterocycles. The number of carbonyl (C=O) groups excluding carboxylic acids is 1.